The third-order valence-corrected chi connectivity index (χ3v) is 3.15. The summed E-state index contributed by atoms with van der Waals surface area (Å²) in [6, 6.07) is 1.88. The number of nitrogens with one attached hydrogen (secondary N) is 2. The molecule has 19 heavy (non-hydrogen) atoms. The van der Waals surface area contributed by atoms with Crippen molar-refractivity contribution in [3.8, 4) is 0 Å². The fourth-order valence-corrected chi connectivity index (χ4v) is 1.84. The van der Waals surface area contributed by atoms with Crippen LogP contribution in [0.5, 0.6) is 0 Å². The molecule has 6 heteroatoms. The average molecular weight is 266 g/mol. The highest BCUT2D eigenvalue weighted by molar-refractivity contribution is 5.50. The molecule has 1 aromatic heterocycles. The van der Waals surface area contributed by atoms with Crippen LogP contribution in [0.25, 0.3) is 0 Å². The zero-order valence-corrected chi connectivity index (χ0v) is 11.6. The third kappa shape index (κ3) is 3.78. The van der Waals surface area contributed by atoms with Gasteiger partial charge in [-0.25, -0.2) is 9.97 Å². The highest BCUT2D eigenvalue weighted by Gasteiger charge is 2.42. The van der Waals surface area contributed by atoms with Gasteiger partial charge in [0.1, 0.15) is 18.2 Å². The molecule has 1 aromatic rings. The second-order valence-corrected chi connectivity index (χ2v) is 4.98. The smallest absolute Gasteiger partial charge is 0.158 e. The molecule has 2 rings (SSSR count). The van der Waals surface area contributed by atoms with E-state index < -0.39 is 0 Å². The molecular formula is C13H22N4O2. The van der Waals surface area contributed by atoms with E-state index in [-0.39, 0.29) is 12.1 Å². The molecule has 0 bridgehead atoms. The maximum atomic E-state index is 9.36. The van der Waals surface area contributed by atoms with Crippen LogP contribution in [0.3, 0.4) is 0 Å². The first kappa shape index (κ1) is 14.0. The topological polar surface area (TPSA) is 79.3 Å². The third-order valence-electron chi connectivity index (χ3n) is 3.15. The molecule has 0 radical (unpaired) electrons. The fourth-order valence-electron chi connectivity index (χ4n) is 1.84. The molecule has 0 atom stereocenters. The van der Waals surface area contributed by atoms with Gasteiger partial charge in [-0.3, -0.25) is 0 Å². The summed E-state index contributed by atoms with van der Waals surface area (Å²) < 4.78 is 5.08. The Hall–Kier alpha value is -1.40. The summed E-state index contributed by atoms with van der Waals surface area (Å²) in [4.78, 5) is 8.79. The van der Waals surface area contributed by atoms with Crippen molar-refractivity contribution in [1.29, 1.82) is 0 Å². The first-order chi connectivity index (χ1) is 9.21. The van der Waals surface area contributed by atoms with E-state index in [4.69, 9.17) is 4.74 Å². The molecule has 1 aliphatic carbocycles. The summed E-state index contributed by atoms with van der Waals surface area (Å²) in [5.41, 5.74) is -0.180. The van der Waals surface area contributed by atoms with Gasteiger partial charge in [0, 0.05) is 19.7 Å². The van der Waals surface area contributed by atoms with Gasteiger partial charge in [-0.05, 0) is 19.3 Å². The van der Waals surface area contributed by atoms with E-state index in [1.165, 1.54) is 0 Å². The molecule has 1 heterocycles. The van der Waals surface area contributed by atoms with Crippen LogP contribution in [0.1, 0.15) is 32.0 Å². The molecule has 0 aromatic carbocycles. The van der Waals surface area contributed by atoms with E-state index in [9.17, 15) is 5.11 Å². The lowest BCUT2D eigenvalue weighted by atomic mass is 10.3. The van der Waals surface area contributed by atoms with E-state index in [2.05, 4.69) is 27.5 Å². The minimum atomic E-state index is -0.180. The Kier molecular flexibility index (Phi) is 4.55. The quantitative estimate of drug-likeness (QED) is 0.660. The van der Waals surface area contributed by atoms with Crippen molar-refractivity contribution in [3.05, 3.63) is 11.9 Å². The number of ether oxygens (including phenoxy) is 1. The van der Waals surface area contributed by atoms with Gasteiger partial charge >= 0.3 is 0 Å². The molecule has 0 aliphatic heterocycles. The summed E-state index contributed by atoms with van der Waals surface area (Å²) in [7, 11) is 1.62. The number of aliphatic hydroxyl groups is 1. The van der Waals surface area contributed by atoms with Gasteiger partial charge in [0.15, 0.2) is 5.82 Å². The SMILES string of the molecule is CCCNc1cc(NC2(CO)CC2)nc(COC)n1. The molecule has 0 saturated heterocycles. The van der Waals surface area contributed by atoms with Crippen LogP contribution >= 0.6 is 0 Å². The van der Waals surface area contributed by atoms with Crippen molar-refractivity contribution < 1.29 is 9.84 Å². The van der Waals surface area contributed by atoms with Crippen molar-refractivity contribution in [1.82, 2.24) is 9.97 Å². The van der Waals surface area contributed by atoms with E-state index >= 15 is 0 Å². The van der Waals surface area contributed by atoms with Gasteiger partial charge in [-0.1, -0.05) is 6.92 Å². The zero-order chi connectivity index (χ0) is 13.7. The average Bonchev–Trinajstić information content (AvgIpc) is 3.17. The number of hydrogen-bond acceptors (Lipinski definition) is 6. The molecule has 1 saturated carbocycles. The fraction of sp³-hybridized carbons (Fsp3) is 0.692. The zero-order valence-electron chi connectivity index (χ0n) is 11.6. The Bertz CT molecular complexity index is 421. The molecule has 3 N–H and O–H groups in total. The Morgan fingerprint density at radius 2 is 2.11 bits per heavy atom. The van der Waals surface area contributed by atoms with Crippen LogP contribution < -0.4 is 10.6 Å². The Balaban J connectivity index is 2.13. The first-order valence-electron chi connectivity index (χ1n) is 6.71. The number of aliphatic hydroxyl groups excluding tert-OH is 1. The van der Waals surface area contributed by atoms with Crippen molar-refractivity contribution in [2.24, 2.45) is 0 Å². The molecule has 0 amide bonds. The Morgan fingerprint density at radius 1 is 1.37 bits per heavy atom. The Morgan fingerprint density at radius 3 is 2.68 bits per heavy atom. The lowest BCUT2D eigenvalue weighted by Gasteiger charge is -2.16. The van der Waals surface area contributed by atoms with Gasteiger partial charge in [-0.15, -0.1) is 0 Å². The summed E-state index contributed by atoms with van der Waals surface area (Å²) in [5, 5.41) is 15.9. The van der Waals surface area contributed by atoms with Crippen LogP contribution in [0.15, 0.2) is 6.07 Å². The molecule has 6 nitrogen and oxygen atoms in total. The molecule has 1 fully saturated rings. The number of anilines is 2. The number of methoxy groups -OCH3 is 1. The van der Waals surface area contributed by atoms with Crippen LogP contribution in [0.4, 0.5) is 11.6 Å². The minimum absolute atomic E-state index is 0.133. The van der Waals surface area contributed by atoms with Crippen LogP contribution in [-0.2, 0) is 11.3 Å². The van der Waals surface area contributed by atoms with Crippen molar-refractivity contribution in [3.63, 3.8) is 0 Å². The molecule has 1 aliphatic rings. The Labute approximate surface area is 113 Å². The minimum Gasteiger partial charge on any atom is -0.394 e. The van der Waals surface area contributed by atoms with E-state index in [0.717, 1.165) is 37.4 Å². The summed E-state index contributed by atoms with van der Waals surface area (Å²) >= 11 is 0. The standard InChI is InChI=1S/C13H22N4O2/c1-3-6-14-10-7-11(16-12(15-10)8-19-2)17-13(9-18)4-5-13/h7,18H,3-6,8-9H2,1-2H3,(H2,14,15,16,17). The predicted molar refractivity (Wildman–Crippen MR) is 74.2 cm³/mol. The van der Waals surface area contributed by atoms with Gasteiger partial charge < -0.3 is 20.5 Å². The molecule has 0 unspecified atom stereocenters. The lowest BCUT2D eigenvalue weighted by molar-refractivity contribution is 0.178. The largest absolute Gasteiger partial charge is 0.394 e. The maximum Gasteiger partial charge on any atom is 0.158 e. The summed E-state index contributed by atoms with van der Waals surface area (Å²) in [5.74, 6) is 2.17. The van der Waals surface area contributed by atoms with Crippen molar-refractivity contribution in [2.75, 3.05) is 30.9 Å². The van der Waals surface area contributed by atoms with E-state index in [1.54, 1.807) is 7.11 Å². The van der Waals surface area contributed by atoms with Crippen LogP contribution in [0.2, 0.25) is 0 Å². The van der Waals surface area contributed by atoms with Gasteiger partial charge in [0.2, 0.25) is 0 Å². The normalized spacial score (nSPS) is 16.2. The molecular weight excluding hydrogens is 244 g/mol. The van der Waals surface area contributed by atoms with Crippen molar-refractivity contribution >= 4 is 11.6 Å². The van der Waals surface area contributed by atoms with Crippen molar-refractivity contribution in [2.45, 2.75) is 38.3 Å². The highest BCUT2D eigenvalue weighted by atomic mass is 16.5. The second kappa shape index (κ2) is 6.16. The van der Waals surface area contributed by atoms with Crippen LogP contribution in [-0.4, -0.2) is 40.9 Å². The number of nitrogens with zero attached hydrogens (tertiary/aromatic N) is 2. The first-order valence-corrected chi connectivity index (χ1v) is 6.71. The summed E-state index contributed by atoms with van der Waals surface area (Å²) in [6.45, 7) is 3.49. The van der Waals surface area contributed by atoms with Gasteiger partial charge in [0.25, 0.3) is 0 Å². The second-order valence-electron chi connectivity index (χ2n) is 4.98. The molecule has 106 valence electrons. The van der Waals surface area contributed by atoms with Crippen LogP contribution in [0, 0.1) is 0 Å². The molecule has 0 spiro atoms. The number of aromatic nitrogens is 2. The predicted octanol–water partition coefficient (Wildman–Crippen LogP) is 1.38. The monoisotopic (exact) mass is 266 g/mol. The number of rotatable bonds is 8. The maximum absolute atomic E-state index is 9.36. The van der Waals surface area contributed by atoms with E-state index in [1.807, 2.05) is 6.07 Å². The highest BCUT2D eigenvalue weighted by Crippen LogP contribution is 2.38. The lowest BCUT2D eigenvalue weighted by Crippen LogP contribution is -2.26. The number of hydrogen-bond donors (Lipinski definition) is 3. The van der Waals surface area contributed by atoms with E-state index in [0.29, 0.717) is 12.4 Å². The summed E-state index contributed by atoms with van der Waals surface area (Å²) in [6.07, 6.45) is 2.99. The van der Waals surface area contributed by atoms with Gasteiger partial charge in [-0.2, -0.15) is 0 Å². The van der Waals surface area contributed by atoms with Gasteiger partial charge in [0.05, 0.1) is 12.1 Å².